The van der Waals surface area contributed by atoms with E-state index in [-0.39, 0.29) is 24.3 Å². The number of nitrogens with zero attached hydrogens (tertiary/aromatic N) is 5. The van der Waals surface area contributed by atoms with Crippen molar-refractivity contribution in [2.75, 3.05) is 13.1 Å². The van der Waals surface area contributed by atoms with Crippen LogP contribution in [-0.4, -0.2) is 49.5 Å². The van der Waals surface area contributed by atoms with Crippen molar-refractivity contribution >= 4 is 5.91 Å². The Bertz CT molecular complexity index is 1660. The number of amides is 1. The average molecular weight is 557 g/mol. The Labute approximate surface area is 236 Å². The molecule has 0 radical (unpaired) electrons. The molecule has 4 heterocycles. The van der Waals surface area contributed by atoms with Gasteiger partial charge in [0.25, 0.3) is 0 Å². The fraction of sp³-hybridized carbons (Fsp3) is 0.258. The van der Waals surface area contributed by atoms with Gasteiger partial charge in [0, 0.05) is 56.0 Å². The Morgan fingerprint density at radius 1 is 1.10 bits per heavy atom. The molecule has 0 bridgehead atoms. The number of benzene rings is 2. The molecule has 1 aliphatic rings. The first-order valence-electron chi connectivity index (χ1n) is 13.5. The number of nitrogens with one attached hydrogen (secondary N) is 1. The molecule has 1 aliphatic heterocycles. The van der Waals surface area contributed by atoms with Crippen LogP contribution < -0.4 is 5.32 Å². The van der Waals surface area contributed by atoms with Crippen LogP contribution in [0.1, 0.15) is 28.3 Å². The highest BCUT2D eigenvalue weighted by Gasteiger charge is 2.35. The molecule has 5 aromatic rings. The number of aromatic nitrogens is 4. The fourth-order valence-corrected chi connectivity index (χ4v) is 5.63. The summed E-state index contributed by atoms with van der Waals surface area (Å²) in [6, 6.07) is 15.3. The first kappa shape index (κ1) is 26.6. The molecule has 2 aromatic carbocycles. The van der Waals surface area contributed by atoms with E-state index in [2.05, 4.69) is 15.3 Å². The molecule has 41 heavy (non-hydrogen) atoms. The van der Waals surface area contributed by atoms with E-state index in [1.807, 2.05) is 61.2 Å². The van der Waals surface area contributed by atoms with Crippen molar-refractivity contribution in [3.05, 3.63) is 114 Å². The lowest BCUT2D eigenvalue weighted by atomic mass is 9.94. The summed E-state index contributed by atoms with van der Waals surface area (Å²) in [6.07, 6.45) is 7.06. The van der Waals surface area contributed by atoms with Crippen LogP contribution in [0.4, 0.5) is 8.78 Å². The van der Waals surface area contributed by atoms with Crippen molar-refractivity contribution in [3.8, 4) is 16.9 Å². The minimum Gasteiger partial charge on any atom is -0.472 e. The number of furan rings is 1. The van der Waals surface area contributed by atoms with Gasteiger partial charge in [0.1, 0.15) is 0 Å². The molecule has 10 heteroatoms. The molecule has 3 aromatic heterocycles. The summed E-state index contributed by atoms with van der Waals surface area (Å²) in [4.78, 5) is 15.8. The minimum absolute atomic E-state index is 0.0940. The van der Waals surface area contributed by atoms with E-state index < -0.39 is 11.6 Å². The molecule has 0 aliphatic carbocycles. The number of hydrogen-bond acceptors (Lipinski definition) is 5. The van der Waals surface area contributed by atoms with Crippen LogP contribution in [0, 0.1) is 18.6 Å². The van der Waals surface area contributed by atoms with E-state index in [1.165, 1.54) is 6.07 Å². The lowest BCUT2D eigenvalue weighted by molar-refractivity contribution is -0.121. The lowest BCUT2D eigenvalue weighted by Gasteiger charge is -2.21. The molecule has 2 atom stereocenters. The Balaban J connectivity index is 1.28. The second-order valence-corrected chi connectivity index (χ2v) is 10.5. The lowest BCUT2D eigenvalue weighted by Crippen LogP contribution is -2.41. The maximum atomic E-state index is 14.2. The summed E-state index contributed by atoms with van der Waals surface area (Å²) in [5, 5.41) is 12.4. The van der Waals surface area contributed by atoms with Crippen molar-refractivity contribution in [1.29, 1.82) is 0 Å². The van der Waals surface area contributed by atoms with Gasteiger partial charge in [-0.2, -0.15) is 10.2 Å². The van der Waals surface area contributed by atoms with Gasteiger partial charge in [-0.3, -0.25) is 14.4 Å². The molecule has 210 valence electrons. The Kier molecular flexibility index (Phi) is 7.23. The topological polar surface area (TPSA) is 81.1 Å². The van der Waals surface area contributed by atoms with Crippen LogP contribution in [0.3, 0.4) is 0 Å². The van der Waals surface area contributed by atoms with E-state index in [0.29, 0.717) is 25.2 Å². The average Bonchev–Trinajstić information content (AvgIpc) is 3.76. The van der Waals surface area contributed by atoms with Crippen LogP contribution in [0.25, 0.3) is 16.9 Å². The minimum atomic E-state index is -0.897. The summed E-state index contributed by atoms with van der Waals surface area (Å²) >= 11 is 0. The number of rotatable bonds is 8. The summed E-state index contributed by atoms with van der Waals surface area (Å²) in [5.41, 5.74) is 5.79. The van der Waals surface area contributed by atoms with Crippen molar-refractivity contribution < 1.29 is 18.0 Å². The summed E-state index contributed by atoms with van der Waals surface area (Å²) in [7, 11) is 1.85. The molecule has 1 fully saturated rings. The standard InChI is InChI=1S/C31H30F2N6O2/c1-20-29(39(24-6-4-3-5-7-24)36-31(20)23-14-34-37(2)16-23)13-30(40)35-28-18-38(15-21-10-11-41-19-21)17-25(28)22-8-9-26(32)27(33)12-22/h3-12,14,16,19,25,28H,13,15,17-18H2,1-2H3,(H,35,40)/t25-,28+/m0/s1. The van der Waals surface area contributed by atoms with Gasteiger partial charge < -0.3 is 9.73 Å². The molecule has 6 rings (SSSR count). The van der Waals surface area contributed by atoms with Crippen LogP contribution >= 0.6 is 0 Å². The Morgan fingerprint density at radius 3 is 2.63 bits per heavy atom. The maximum absolute atomic E-state index is 14.2. The summed E-state index contributed by atoms with van der Waals surface area (Å²) in [5.74, 6) is -2.18. The van der Waals surface area contributed by atoms with Crippen molar-refractivity contribution in [2.24, 2.45) is 7.05 Å². The van der Waals surface area contributed by atoms with Gasteiger partial charge in [0.15, 0.2) is 11.6 Å². The third-order valence-corrected chi connectivity index (χ3v) is 7.65. The van der Waals surface area contributed by atoms with Gasteiger partial charge >= 0.3 is 0 Å². The summed E-state index contributed by atoms with van der Waals surface area (Å²) in [6.45, 7) is 3.72. The number of para-hydroxylation sites is 1. The van der Waals surface area contributed by atoms with Crippen LogP contribution in [-0.2, 0) is 24.8 Å². The number of likely N-dealkylation sites (tertiary alicyclic amines) is 1. The van der Waals surface area contributed by atoms with E-state index in [9.17, 15) is 13.6 Å². The molecule has 1 amide bonds. The highest BCUT2D eigenvalue weighted by atomic mass is 19.2. The van der Waals surface area contributed by atoms with Crippen molar-refractivity contribution in [2.45, 2.75) is 31.8 Å². The third-order valence-electron chi connectivity index (χ3n) is 7.65. The van der Waals surface area contributed by atoms with E-state index in [4.69, 9.17) is 9.52 Å². The smallest absolute Gasteiger partial charge is 0.226 e. The normalized spacial score (nSPS) is 17.3. The van der Waals surface area contributed by atoms with Gasteiger partial charge in [0.2, 0.25) is 5.91 Å². The highest BCUT2D eigenvalue weighted by molar-refractivity contribution is 5.80. The zero-order valence-corrected chi connectivity index (χ0v) is 22.8. The van der Waals surface area contributed by atoms with Gasteiger partial charge in [-0.05, 0) is 48.4 Å². The predicted octanol–water partition coefficient (Wildman–Crippen LogP) is 4.78. The number of aryl methyl sites for hydroxylation is 1. The molecule has 0 saturated carbocycles. The van der Waals surface area contributed by atoms with Crippen LogP contribution in [0.2, 0.25) is 0 Å². The Morgan fingerprint density at radius 2 is 1.93 bits per heavy atom. The number of hydrogen-bond donors (Lipinski definition) is 1. The SMILES string of the molecule is Cc1c(-c2cnn(C)c2)nn(-c2ccccc2)c1CC(=O)N[C@@H]1CN(Cc2ccoc2)C[C@H]1c1ccc(F)c(F)c1. The zero-order chi connectivity index (χ0) is 28.5. The second-order valence-electron chi connectivity index (χ2n) is 10.5. The maximum Gasteiger partial charge on any atom is 0.226 e. The first-order valence-corrected chi connectivity index (χ1v) is 13.5. The molecule has 0 spiro atoms. The second kappa shape index (κ2) is 11.1. The van der Waals surface area contributed by atoms with E-state index in [1.54, 1.807) is 29.5 Å². The molecule has 1 saturated heterocycles. The van der Waals surface area contributed by atoms with Crippen molar-refractivity contribution in [1.82, 2.24) is 29.8 Å². The predicted molar refractivity (Wildman–Crippen MR) is 149 cm³/mol. The quantitative estimate of drug-likeness (QED) is 0.298. The van der Waals surface area contributed by atoms with Crippen LogP contribution in [0.15, 0.2) is 83.9 Å². The van der Waals surface area contributed by atoms with Gasteiger partial charge in [-0.25, -0.2) is 13.5 Å². The largest absolute Gasteiger partial charge is 0.472 e. The first-order chi connectivity index (χ1) is 19.9. The summed E-state index contributed by atoms with van der Waals surface area (Å²) < 4.78 is 36.7. The Hall–Kier alpha value is -4.57. The molecular formula is C31H30F2N6O2. The molecule has 1 N–H and O–H groups in total. The van der Waals surface area contributed by atoms with Gasteiger partial charge in [-0.15, -0.1) is 0 Å². The van der Waals surface area contributed by atoms with Gasteiger partial charge in [-0.1, -0.05) is 24.3 Å². The molecule has 0 unspecified atom stereocenters. The van der Waals surface area contributed by atoms with Gasteiger partial charge in [0.05, 0.1) is 42.2 Å². The van der Waals surface area contributed by atoms with E-state index in [0.717, 1.165) is 39.8 Å². The number of halogens is 2. The van der Waals surface area contributed by atoms with Crippen LogP contribution in [0.5, 0.6) is 0 Å². The monoisotopic (exact) mass is 556 g/mol. The molecular weight excluding hydrogens is 526 g/mol. The third kappa shape index (κ3) is 5.55. The highest BCUT2D eigenvalue weighted by Crippen LogP contribution is 2.31. The van der Waals surface area contributed by atoms with Crippen molar-refractivity contribution in [3.63, 3.8) is 0 Å². The molecule has 8 nitrogen and oxygen atoms in total. The fourth-order valence-electron chi connectivity index (χ4n) is 5.63. The van der Waals surface area contributed by atoms with E-state index >= 15 is 0 Å². The zero-order valence-electron chi connectivity index (χ0n) is 22.8. The number of carbonyl (C=O) groups is 1. The number of carbonyl (C=O) groups excluding carboxylic acids is 1.